The van der Waals surface area contributed by atoms with E-state index < -0.39 is 11.9 Å². The van der Waals surface area contributed by atoms with Gasteiger partial charge in [-0.25, -0.2) is 0 Å². The van der Waals surface area contributed by atoms with E-state index in [9.17, 15) is 4.39 Å². The third-order valence-electron chi connectivity index (χ3n) is 0.633. The van der Waals surface area contributed by atoms with Gasteiger partial charge in [-0.1, -0.05) is 12.1 Å². The van der Waals surface area contributed by atoms with Crippen LogP contribution >= 0.6 is 0 Å². The zero-order chi connectivity index (χ0) is 5.91. The van der Waals surface area contributed by atoms with Crippen molar-refractivity contribution in [2.75, 3.05) is 6.67 Å². The summed E-state index contributed by atoms with van der Waals surface area (Å²) in [6, 6.07) is 0. The quantitative estimate of drug-likeness (QED) is 0.446. The maximum absolute atomic E-state index is 11.3. The second kappa shape index (κ2) is 2.39. The van der Waals surface area contributed by atoms with Gasteiger partial charge in [-0.2, -0.15) is 0 Å². The van der Waals surface area contributed by atoms with Gasteiger partial charge in [0.2, 0.25) is 0 Å². The van der Waals surface area contributed by atoms with Gasteiger partial charge in [0, 0.05) is 0 Å². The Bertz CT molecular complexity index is 48.1. The average molecular weight is 95.7 g/mol. The highest BCUT2D eigenvalue weighted by atomic mass is 19.1. The van der Waals surface area contributed by atoms with Crippen molar-refractivity contribution < 1.29 is 4.39 Å². The lowest BCUT2D eigenvalue weighted by atomic mass is 9.54. The minimum absolute atomic E-state index is 0.229. The molecule has 0 heterocycles. The lowest BCUT2D eigenvalue weighted by Crippen LogP contribution is -2.07. The highest BCUT2D eigenvalue weighted by Crippen LogP contribution is 2.17. The summed E-state index contributed by atoms with van der Waals surface area (Å²) in [5.74, 6) is 0. The van der Waals surface area contributed by atoms with E-state index in [2.05, 4.69) is 0 Å². The van der Waals surface area contributed by atoms with Gasteiger partial charge in [0.25, 0.3) is 0 Å². The molecule has 0 fully saturated rings. The molecule has 0 spiro atoms. The normalized spacial score (nSPS) is 11.7. The fraction of sp³-hybridized carbons (Fsp3) is 1.00. The number of hydrogen-bond donors (Lipinski definition) is 0. The van der Waals surface area contributed by atoms with Crippen molar-refractivity contribution in [2.24, 2.45) is 0 Å². The van der Waals surface area contributed by atoms with Crippen LogP contribution in [-0.4, -0.2) is 22.4 Å². The third-order valence-corrected chi connectivity index (χ3v) is 0.633. The summed E-state index contributed by atoms with van der Waals surface area (Å²) in [5.41, 5.74) is 0. The molecule has 36 valence electrons. The highest BCUT2D eigenvalue weighted by molar-refractivity contribution is 6.39. The standard InChI is InChI=1S/C4H7B2F/c1-4(5,6)2-3-7/h2-3H2,1H3. The van der Waals surface area contributed by atoms with Crippen LogP contribution in [0.15, 0.2) is 0 Å². The number of halogens is 1. The maximum Gasteiger partial charge on any atom is 0.0885 e. The smallest absolute Gasteiger partial charge is 0.0885 e. The molecule has 0 rings (SSSR count). The van der Waals surface area contributed by atoms with E-state index in [0.717, 1.165) is 0 Å². The molecule has 0 aromatic carbocycles. The van der Waals surface area contributed by atoms with Crippen LogP contribution in [0.1, 0.15) is 13.3 Å². The van der Waals surface area contributed by atoms with Gasteiger partial charge in [-0.15, -0.1) is 0 Å². The molecule has 0 saturated carbocycles. The second-order valence-corrected chi connectivity index (χ2v) is 1.94. The second-order valence-electron chi connectivity index (χ2n) is 1.94. The van der Waals surface area contributed by atoms with Crippen molar-refractivity contribution in [1.29, 1.82) is 0 Å². The predicted molar refractivity (Wildman–Crippen MR) is 30.5 cm³/mol. The molecular weight excluding hydrogens is 88.7 g/mol. The van der Waals surface area contributed by atoms with Crippen molar-refractivity contribution in [3.8, 4) is 0 Å². The SMILES string of the molecule is [B]C([B])(C)CCF. The Morgan fingerprint density at radius 2 is 2.00 bits per heavy atom. The molecule has 0 aromatic heterocycles. The molecular formula is C4H7B2F. The molecule has 0 aromatic rings. The molecule has 0 atom stereocenters. The minimum atomic E-state index is -0.825. The maximum atomic E-state index is 11.3. The third kappa shape index (κ3) is 6.06. The largest absolute Gasteiger partial charge is 0.251 e. The molecule has 0 bridgehead atoms. The zero-order valence-electron chi connectivity index (χ0n) is 4.45. The van der Waals surface area contributed by atoms with Crippen LogP contribution in [0, 0.1) is 0 Å². The number of alkyl halides is 1. The first kappa shape index (κ1) is 7.06. The average Bonchev–Trinajstić information content (AvgIpc) is 1.30. The van der Waals surface area contributed by atoms with Crippen molar-refractivity contribution >= 4 is 15.7 Å². The first-order valence-electron chi connectivity index (χ1n) is 2.20. The van der Waals surface area contributed by atoms with E-state index in [-0.39, 0.29) is 6.42 Å². The van der Waals surface area contributed by atoms with Gasteiger partial charge in [-0.3, -0.25) is 4.39 Å². The van der Waals surface area contributed by atoms with E-state index in [1.54, 1.807) is 6.92 Å². The van der Waals surface area contributed by atoms with Crippen molar-refractivity contribution in [2.45, 2.75) is 18.6 Å². The van der Waals surface area contributed by atoms with E-state index >= 15 is 0 Å². The summed E-state index contributed by atoms with van der Waals surface area (Å²) in [6.07, 6.45) is 0.229. The van der Waals surface area contributed by atoms with Gasteiger partial charge < -0.3 is 0 Å². The Kier molecular flexibility index (Phi) is 2.41. The summed E-state index contributed by atoms with van der Waals surface area (Å²) < 4.78 is 11.3. The van der Waals surface area contributed by atoms with Crippen molar-refractivity contribution in [3.05, 3.63) is 0 Å². The fourth-order valence-corrected chi connectivity index (χ4v) is 0.204. The molecule has 0 aliphatic heterocycles. The lowest BCUT2D eigenvalue weighted by molar-refractivity contribution is 0.458. The van der Waals surface area contributed by atoms with Crippen LogP contribution in [0.5, 0.6) is 0 Å². The molecule has 0 unspecified atom stereocenters. The van der Waals surface area contributed by atoms with Gasteiger partial charge >= 0.3 is 0 Å². The summed E-state index contributed by atoms with van der Waals surface area (Å²) in [6.45, 7) is 1.15. The molecule has 0 N–H and O–H groups in total. The minimum Gasteiger partial charge on any atom is -0.251 e. The summed E-state index contributed by atoms with van der Waals surface area (Å²) in [4.78, 5) is 0. The first-order valence-corrected chi connectivity index (χ1v) is 2.20. The molecule has 0 aliphatic rings. The van der Waals surface area contributed by atoms with Gasteiger partial charge in [0.15, 0.2) is 0 Å². The van der Waals surface area contributed by atoms with E-state index in [0.29, 0.717) is 0 Å². The molecule has 4 radical (unpaired) electrons. The first-order chi connectivity index (χ1) is 3.06. The van der Waals surface area contributed by atoms with E-state index in [1.807, 2.05) is 0 Å². The zero-order valence-corrected chi connectivity index (χ0v) is 4.45. The molecule has 0 aliphatic carbocycles. The Hall–Kier alpha value is 0.0599. The Morgan fingerprint density at radius 1 is 1.57 bits per heavy atom. The van der Waals surface area contributed by atoms with Crippen molar-refractivity contribution in [3.63, 3.8) is 0 Å². The van der Waals surface area contributed by atoms with Crippen LogP contribution in [0.2, 0.25) is 5.21 Å². The monoisotopic (exact) mass is 96.1 g/mol. The van der Waals surface area contributed by atoms with Crippen LogP contribution < -0.4 is 0 Å². The molecule has 0 amide bonds. The van der Waals surface area contributed by atoms with Crippen LogP contribution in [0.4, 0.5) is 4.39 Å². The van der Waals surface area contributed by atoms with Crippen LogP contribution in [-0.2, 0) is 0 Å². The van der Waals surface area contributed by atoms with Crippen molar-refractivity contribution in [1.82, 2.24) is 0 Å². The summed E-state index contributed by atoms with van der Waals surface area (Å²) in [7, 11) is 10.4. The summed E-state index contributed by atoms with van der Waals surface area (Å²) in [5, 5.41) is -0.825. The molecule has 7 heavy (non-hydrogen) atoms. The topological polar surface area (TPSA) is 0 Å². The van der Waals surface area contributed by atoms with Gasteiger partial charge in [-0.05, 0) is 6.42 Å². The highest BCUT2D eigenvalue weighted by Gasteiger charge is 2.06. The Morgan fingerprint density at radius 3 is 2.00 bits per heavy atom. The van der Waals surface area contributed by atoms with Crippen LogP contribution in [0.3, 0.4) is 0 Å². The fourth-order valence-electron chi connectivity index (χ4n) is 0.204. The summed E-state index contributed by atoms with van der Waals surface area (Å²) >= 11 is 0. The van der Waals surface area contributed by atoms with Crippen LogP contribution in [0.25, 0.3) is 0 Å². The lowest BCUT2D eigenvalue weighted by Gasteiger charge is -2.14. The predicted octanol–water partition coefficient (Wildman–Crippen LogP) is 0.819. The van der Waals surface area contributed by atoms with Gasteiger partial charge in [0.1, 0.15) is 0 Å². The van der Waals surface area contributed by atoms with E-state index in [4.69, 9.17) is 15.7 Å². The Balaban J connectivity index is 3.15. The molecule has 0 nitrogen and oxygen atoms in total. The van der Waals surface area contributed by atoms with Gasteiger partial charge in [0.05, 0.1) is 22.4 Å². The number of rotatable bonds is 2. The molecule has 3 heteroatoms. The Labute approximate surface area is 46.3 Å². The number of hydrogen-bond acceptors (Lipinski definition) is 0. The molecule has 0 saturated heterocycles. The van der Waals surface area contributed by atoms with E-state index in [1.165, 1.54) is 0 Å².